The molecule has 2 heterocycles. The van der Waals surface area contributed by atoms with Gasteiger partial charge in [-0.25, -0.2) is 8.42 Å². The lowest BCUT2D eigenvalue weighted by Crippen LogP contribution is -2.49. The van der Waals surface area contributed by atoms with Crippen molar-refractivity contribution in [1.82, 2.24) is 4.90 Å². The van der Waals surface area contributed by atoms with Gasteiger partial charge in [-0.3, -0.25) is 14.9 Å². The average molecular weight is 488 g/mol. The molecule has 4 rings (SSSR count). The Bertz CT molecular complexity index is 1200. The molecule has 0 aliphatic carbocycles. The van der Waals surface area contributed by atoms with E-state index in [1.807, 2.05) is 6.92 Å². The van der Waals surface area contributed by atoms with Crippen molar-refractivity contribution < 1.29 is 22.9 Å². The third-order valence-electron chi connectivity index (χ3n) is 6.44. The van der Waals surface area contributed by atoms with Crippen LogP contribution in [0.4, 0.5) is 11.4 Å². The number of piperazine rings is 1. The molecule has 2 aromatic rings. The second-order valence-corrected chi connectivity index (χ2v) is 10.9. The molecule has 182 valence electrons. The number of carbonyl (C=O) groups is 1. The molecule has 2 fully saturated rings. The van der Waals surface area contributed by atoms with Crippen LogP contribution in [0.3, 0.4) is 0 Å². The van der Waals surface area contributed by atoms with E-state index in [1.165, 1.54) is 23.3 Å². The van der Waals surface area contributed by atoms with E-state index in [0.717, 1.165) is 18.2 Å². The summed E-state index contributed by atoms with van der Waals surface area (Å²) in [7, 11) is -3.93. The summed E-state index contributed by atoms with van der Waals surface area (Å²) < 4.78 is 31.1. The molecule has 0 N–H and O–H groups in total. The van der Waals surface area contributed by atoms with Gasteiger partial charge >= 0.3 is 0 Å². The Morgan fingerprint density at radius 2 is 1.85 bits per heavy atom. The summed E-state index contributed by atoms with van der Waals surface area (Å²) >= 11 is 0. The number of hydrogen-bond donors (Lipinski definition) is 0. The summed E-state index contributed by atoms with van der Waals surface area (Å²) in [5.41, 5.74) is 3.02. The number of nitro groups is 1. The molecule has 1 atom stereocenters. The number of ether oxygens (including phenoxy) is 1. The fraction of sp³-hybridized carbons (Fsp3) is 0.458. The van der Waals surface area contributed by atoms with Crippen molar-refractivity contribution in [3.8, 4) is 0 Å². The SMILES string of the molecule is Cc1ccc(C)c(N2CCN(C(=O)c3ccc(S(=O)(=O)CC4CCCO4)c([N+](=O)[O-])c3)CC2)c1. The zero-order valence-corrected chi connectivity index (χ0v) is 20.2. The lowest BCUT2D eigenvalue weighted by Gasteiger charge is -2.37. The third kappa shape index (κ3) is 5.07. The third-order valence-corrected chi connectivity index (χ3v) is 8.27. The number of rotatable bonds is 6. The van der Waals surface area contributed by atoms with Crippen LogP contribution in [0.25, 0.3) is 0 Å². The van der Waals surface area contributed by atoms with Crippen LogP contribution in [0, 0.1) is 24.0 Å². The van der Waals surface area contributed by atoms with Crippen LogP contribution in [0.2, 0.25) is 0 Å². The van der Waals surface area contributed by atoms with Crippen LogP contribution in [-0.2, 0) is 14.6 Å². The zero-order valence-electron chi connectivity index (χ0n) is 19.4. The van der Waals surface area contributed by atoms with E-state index in [2.05, 4.69) is 30.0 Å². The van der Waals surface area contributed by atoms with E-state index in [4.69, 9.17) is 4.74 Å². The van der Waals surface area contributed by atoms with E-state index >= 15 is 0 Å². The fourth-order valence-corrected chi connectivity index (χ4v) is 6.22. The summed E-state index contributed by atoms with van der Waals surface area (Å²) in [6, 6.07) is 9.91. The molecule has 1 amide bonds. The first-order chi connectivity index (χ1) is 16.2. The normalized spacial score (nSPS) is 18.8. The van der Waals surface area contributed by atoms with Crippen LogP contribution in [0.15, 0.2) is 41.3 Å². The summed E-state index contributed by atoms with van der Waals surface area (Å²) in [4.78, 5) is 27.6. The Morgan fingerprint density at radius 1 is 1.12 bits per heavy atom. The van der Waals surface area contributed by atoms with Gasteiger partial charge in [-0.1, -0.05) is 12.1 Å². The number of anilines is 1. The second-order valence-electron chi connectivity index (χ2n) is 8.93. The highest BCUT2D eigenvalue weighted by Crippen LogP contribution is 2.29. The molecule has 10 heteroatoms. The highest BCUT2D eigenvalue weighted by molar-refractivity contribution is 7.91. The molecule has 2 aliphatic heterocycles. The van der Waals surface area contributed by atoms with Crippen molar-refractivity contribution >= 4 is 27.1 Å². The summed E-state index contributed by atoms with van der Waals surface area (Å²) in [6.07, 6.45) is 0.920. The summed E-state index contributed by atoms with van der Waals surface area (Å²) in [5, 5.41) is 11.7. The van der Waals surface area contributed by atoms with Gasteiger partial charge in [0.05, 0.1) is 16.8 Å². The molecular weight excluding hydrogens is 458 g/mol. The van der Waals surface area contributed by atoms with E-state index < -0.39 is 26.6 Å². The largest absolute Gasteiger partial charge is 0.377 e. The first kappa shape index (κ1) is 24.2. The smallest absolute Gasteiger partial charge is 0.288 e. The first-order valence-corrected chi connectivity index (χ1v) is 13.1. The average Bonchev–Trinajstić information content (AvgIpc) is 3.32. The maximum atomic E-state index is 13.1. The quantitative estimate of drug-likeness (QED) is 0.455. The van der Waals surface area contributed by atoms with Gasteiger partial charge in [-0.15, -0.1) is 0 Å². The number of aryl methyl sites for hydroxylation is 2. The van der Waals surface area contributed by atoms with Gasteiger partial charge in [0, 0.05) is 50.1 Å². The van der Waals surface area contributed by atoms with Crippen LogP contribution in [-0.4, -0.2) is 68.8 Å². The number of hydrogen-bond acceptors (Lipinski definition) is 7. The second kappa shape index (κ2) is 9.71. The molecule has 0 aromatic heterocycles. The van der Waals surface area contributed by atoms with Crippen molar-refractivity contribution in [2.24, 2.45) is 0 Å². The van der Waals surface area contributed by atoms with Crippen molar-refractivity contribution in [2.45, 2.75) is 37.7 Å². The Balaban J connectivity index is 1.50. The van der Waals surface area contributed by atoms with E-state index in [1.54, 1.807) is 4.90 Å². The molecule has 2 aromatic carbocycles. The standard InChI is InChI=1S/C24H29N3O6S/c1-17-5-6-18(2)21(14-17)25-9-11-26(12-10-25)24(28)19-7-8-23(22(15-19)27(29)30)34(31,32)16-20-4-3-13-33-20/h5-8,14-15,20H,3-4,9-13,16H2,1-2H3. The predicted molar refractivity (Wildman–Crippen MR) is 128 cm³/mol. The minimum absolute atomic E-state index is 0.114. The Kier molecular flexibility index (Phi) is 6.90. The lowest BCUT2D eigenvalue weighted by molar-refractivity contribution is -0.387. The topological polar surface area (TPSA) is 110 Å². The summed E-state index contributed by atoms with van der Waals surface area (Å²) in [6.45, 7) is 6.82. The molecular formula is C24H29N3O6S. The highest BCUT2D eigenvalue weighted by Gasteiger charge is 2.32. The molecule has 0 saturated carbocycles. The predicted octanol–water partition coefficient (Wildman–Crippen LogP) is 3.13. The van der Waals surface area contributed by atoms with Crippen molar-refractivity contribution in [1.29, 1.82) is 0 Å². The maximum Gasteiger partial charge on any atom is 0.288 e. The lowest BCUT2D eigenvalue weighted by atomic mass is 10.1. The minimum Gasteiger partial charge on any atom is -0.377 e. The number of sulfone groups is 1. The van der Waals surface area contributed by atoms with E-state index in [0.29, 0.717) is 39.2 Å². The van der Waals surface area contributed by atoms with Gasteiger partial charge in [0.25, 0.3) is 11.6 Å². The van der Waals surface area contributed by atoms with Crippen molar-refractivity contribution in [2.75, 3.05) is 43.4 Å². The van der Waals surface area contributed by atoms with Crippen LogP contribution >= 0.6 is 0 Å². The van der Waals surface area contributed by atoms with Gasteiger partial charge in [0.1, 0.15) is 4.90 Å². The van der Waals surface area contributed by atoms with Gasteiger partial charge < -0.3 is 14.5 Å². The first-order valence-electron chi connectivity index (χ1n) is 11.4. The fourth-order valence-electron chi connectivity index (χ4n) is 4.56. The molecule has 34 heavy (non-hydrogen) atoms. The number of carbonyl (C=O) groups excluding carboxylic acids is 1. The molecule has 0 bridgehead atoms. The van der Waals surface area contributed by atoms with Crippen LogP contribution in [0.5, 0.6) is 0 Å². The monoisotopic (exact) mass is 487 g/mol. The highest BCUT2D eigenvalue weighted by atomic mass is 32.2. The maximum absolute atomic E-state index is 13.1. The zero-order chi connectivity index (χ0) is 24.5. The number of nitrogens with zero attached hydrogens (tertiary/aromatic N) is 3. The Labute approximate surface area is 199 Å². The molecule has 0 spiro atoms. The van der Waals surface area contributed by atoms with E-state index in [9.17, 15) is 23.3 Å². The van der Waals surface area contributed by atoms with Gasteiger partial charge in [-0.05, 0) is 56.0 Å². The van der Waals surface area contributed by atoms with Crippen LogP contribution in [0.1, 0.15) is 34.3 Å². The molecule has 0 radical (unpaired) electrons. The van der Waals surface area contributed by atoms with E-state index in [-0.39, 0.29) is 22.1 Å². The van der Waals surface area contributed by atoms with Gasteiger partial charge in [0.2, 0.25) is 0 Å². The van der Waals surface area contributed by atoms with Gasteiger partial charge in [0.15, 0.2) is 9.84 Å². The van der Waals surface area contributed by atoms with Crippen molar-refractivity contribution in [3.05, 3.63) is 63.2 Å². The number of nitro benzene ring substituents is 1. The van der Waals surface area contributed by atoms with Crippen molar-refractivity contribution in [3.63, 3.8) is 0 Å². The Morgan fingerprint density at radius 3 is 2.50 bits per heavy atom. The van der Waals surface area contributed by atoms with Crippen LogP contribution < -0.4 is 4.90 Å². The molecule has 9 nitrogen and oxygen atoms in total. The summed E-state index contributed by atoms with van der Waals surface area (Å²) in [5.74, 6) is -0.645. The molecule has 2 aliphatic rings. The number of benzene rings is 2. The Hall–Kier alpha value is -2.98. The molecule has 1 unspecified atom stereocenters. The number of amides is 1. The van der Waals surface area contributed by atoms with Gasteiger partial charge in [-0.2, -0.15) is 0 Å². The molecule has 2 saturated heterocycles. The minimum atomic E-state index is -3.93.